The number of hydrogen-bond donors (Lipinski definition) is 0. The van der Waals surface area contributed by atoms with Crippen LogP contribution in [0.1, 0.15) is 116 Å². The van der Waals surface area contributed by atoms with Crippen LogP contribution in [0.3, 0.4) is 0 Å². The van der Waals surface area contributed by atoms with Gasteiger partial charge in [-0.1, -0.05) is 63.5 Å². The van der Waals surface area contributed by atoms with Gasteiger partial charge in [0.1, 0.15) is 17.3 Å². The fourth-order valence-corrected chi connectivity index (χ4v) is 6.04. The van der Waals surface area contributed by atoms with Crippen LogP contribution in [0.2, 0.25) is 0 Å². The SMILES string of the molecule is O=C1CC=CCCCCCCCCC2C(=O)C3CCCCC3(C(=O)CCCCC1)C2=O. The summed E-state index contributed by atoms with van der Waals surface area (Å²) < 4.78 is 0. The van der Waals surface area contributed by atoms with Crippen LogP contribution in [0.4, 0.5) is 0 Å². The summed E-state index contributed by atoms with van der Waals surface area (Å²) in [7, 11) is 0. The maximum Gasteiger partial charge on any atom is 0.157 e. The highest BCUT2D eigenvalue weighted by Crippen LogP contribution is 2.52. The summed E-state index contributed by atoms with van der Waals surface area (Å²) in [6.07, 6.45) is 19.3. The van der Waals surface area contributed by atoms with Gasteiger partial charge >= 0.3 is 0 Å². The monoisotopic (exact) mass is 428 g/mol. The average molecular weight is 429 g/mol. The van der Waals surface area contributed by atoms with Gasteiger partial charge in [0.05, 0.1) is 11.3 Å². The van der Waals surface area contributed by atoms with Crippen LogP contribution in [0.5, 0.6) is 0 Å². The summed E-state index contributed by atoms with van der Waals surface area (Å²) >= 11 is 0. The van der Waals surface area contributed by atoms with Gasteiger partial charge in [0.25, 0.3) is 0 Å². The predicted octanol–water partition coefficient (Wildman–Crippen LogP) is 6.10. The minimum absolute atomic E-state index is 0.0122. The van der Waals surface area contributed by atoms with Crippen LogP contribution in [0.25, 0.3) is 0 Å². The zero-order valence-corrected chi connectivity index (χ0v) is 19.2. The molecule has 0 heterocycles. The van der Waals surface area contributed by atoms with Crippen molar-refractivity contribution in [2.45, 2.75) is 116 Å². The summed E-state index contributed by atoms with van der Waals surface area (Å²) in [5.74, 6) is -0.602. The van der Waals surface area contributed by atoms with E-state index in [0.717, 1.165) is 57.8 Å². The summed E-state index contributed by atoms with van der Waals surface area (Å²) in [6.45, 7) is 0. The number of hydrogen-bond acceptors (Lipinski definition) is 4. The highest BCUT2D eigenvalue weighted by molar-refractivity contribution is 6.23. The smallest absolute Gasteiger partial charge is 0.157 e. The molecule has 0 amide bonds. The summed E-state index contributed by atoms with van der Waals surface area (Å²) in [5.41, 5.74) is -1.01. The van der Waals surface area contributed by atoms with Gasteiger partial charge in [-0.15, -0.1) is 0 Å². The van der Waals surface area contributed by atoms with Gasteiger partial charge in [-0.3, -0.25) is 19.2 Å². The fourth-order valence-electron chi connectivity index (χ4n) is 6.04. The molecule has 0 radical (unpaired) electrons. The molecule has 0 aliphatic heterocycles. The Labute approximate surface area is 187 Å². The average Bonchev–Trinajstić information content (AvgIpc) is 2.99. The number of carbonyl (C=O) groups excluding carboxylic acids is 4. The Kier molecular flexibility index (Phi) is 9.22. The Morgan fingerprint density at radius 2 is 1.35 bits per heavy atom. The maximum absolute atomic E-state index is 13.4. The first kappa shape index (κ1) is 24.1. The molecule has 1 spiro atoms. The topological polar surface area (TPSA) is 68.3 Å². The molecule has 3 rings (SSSR count). The first-order valence-corrected chi connectivity index (χ1v) is 12.9. The third-order valence-corrected chi connectivity index (χ3v) is 7.83. The van der Waals surface area contributed by atoms with Crippen LogP contribution in [0.15, 0.2) is 12.2 Å². The van der Waals surface area contributed by atoms with Crippen molar-refractivity contribution in [1.82, 2.24) is 0 Å². The van der Waals surface area contributed by atoms with E-state index in [1.54, 1.807) is 0 Å². The quantitative estimate of drug-likeness (QED) is 0.345. The van der Waals surface area contributed by atoms with Crippen LogP contribution >= 0.6 is 0 Å². The zero-order valence-electron chi connectivity index (χ0n) is 19.2. The number of allylic oxidation sites excluding steroid dienone is 2. The molecule has 0 aromatic carbocycles. The molecule has 2 bridgehead atoms. The van der Waals surface area contributed by atoms with Crippen LogP contribution in [-0.4, -0.2) is 23.1 Å². The molecule has 0 aromatic rings. The molecule has 2 fully saturated rings. The molecule has 3 aliphatic carbocycles. The van der Waals surface area contributed by atoms with Gasteiger partial charge in [0.15, 0.2) is 5.78 Å². The predicted molar refractivity (Wildman–Crippen MR) is 122 cm³/mol. The summed E-state index contributed by atoms with van der Waals surface area (Å²) in [5, 5.41) is 0. The molecule has 0 saturated heterocycles. The van der Waals surface area contributed by atoms with Crippen LogP contribution in [0, 0.1) is 17.3 Å². The van der Waals surface area contributed by atoms with E-state index in [4.69, 9.17) is 0 Å². The lowest BCUT2D eigenvalue weighted by atomic mass is 9.64. The second-order valence-electron chi connectivity index (χ2n) is 9.99. The van der Waals surface area contributed by atoms with E-state index in [9.17, 15) is 19.2 Å². The zero-order chi connectivity index (χ0) is 22.1. The Bertz CT molecular complexity index is 691. The second kappa shape index (κ2) is 11.9. The van der Waals surface area contributed by atoms with E-state index < -0.39 is 11.3 Å². The highest BCUT2D eigenvalue weighted by atomic mass is 16.2. The lowest BCUT2D eigenvalue weighted by Gasteiger charge is -2.35. The minimum atomic E-state index is -1.01. The van der Waals surface area contributed by atoms with Crippen LogP contribution in [-0.2, 0) is 19.2 Å². The molecule has 3 atom stereocenters. The summed E-state index contributed by atoms with van der Waals surface area (Å²) in [4.78, 5) is 51.9. The number of carbonyl (C=O) groups is 4. The molecular formula is C27H40O4. The molecule has 3 aliphatic rings. The van der Waals surface area contributed by atoms with Gasteiger partial charge in [-0.05, 0) is 44.9 Å². The van der Waals surface area contributed by atoms with Gasteiger partial charge in [0, 0.05) is 25.2 Å². The van der Waals surface area contributed by atoms with Crippen molar-refractivity contribution in [3.63, 3.8) is 0 Å². The van der Waals surface area contributed by atoms with Crippen molar-refractivity contribution in [3.8, 4) is 0 Å². The van der Waals surface area contributed by atoms with Gasteiger partial charge in [-0.25, -0.2) is 0 Å². The van der Waals surface area contributed by atoms with Crippen molar-refractivity contribution in [2.24, 2.45) is 17.3 Å². The normalized spacial score (nSPS) is 33.0. The third-order valence-electron chi connectivity index (χ3n) is 7.83. The molecule has 0 aromatic heterocycles. The van der Waals surface area contributed by atoms with Gasteiger partial charge in [0.2, 0.25) is 0 Å². The van der Waals surface area contributed by atoms with Crippen molar-refractivity contribution in [3.05, 3.63) is 12.2 Å². The Balaban J connectivity index is 1.66. The largest absolute Gasteiger partial charge is 0.299 e. The van der Waals surface area contributed by atoms with E-state index in [1.807, 2.05) is 6.08 Å². The standard InChI is InChI=1S/C27H40O4/c28-21-15-9-6-4-2-1-3-5-7-11-17-22-25(30)23-18-13-14-20-27(23,26(22)31)24(29)19-12-8-10-16-21/h6,9,22-23H,1-5,7-8,10-20H2. The molecule has 2 saturated carbocycles. The van der Waals surface area contributed by atoms with E-state index in [-0.39, 0.29) is 29.1 Å². The highest BCUT2D eigenvalue weighted by Gasteiger charge is 2.63. The number of fused-ring (bicyclic) bond motifs is 1. The molecule has 0 N–H and O–H groups in total. The fraction of sp³-hybridized carbons (Fsp3) is 0.778. The third kappa shape index (κ3) is 5.81. The van der Waals surface area contributed by atoms with E-state index in [2.05, 4.69) is 6.08 Å². The van der Waals surface area contributed by atoms with E-state index in [0.29, 0.717) is 44.9 Å². The Hall–Kier alpha value is -1.58. The number of ketones is 4. The second-order valence-corrected chi connectivity index (χ2v) is 9.99. The van der Waals surface area contributed by atoms with Crippen molar-refractivity contribution in [2.75, 3.05) is 0 Å². The molecule has 4 nitrogen and oxygen atoms in total. The molecular weight excluding hydrogens is 388 g/mol. The molecule has 3 unspecified atom stereocenters. The van der Waals surface area contributed by atoms with Crippen molar-refractivity contribution >= 4 is 23.1 Å². The minimum Gasteiger partial charge on any atom is -0.299 e. The van der Waals surface area contributed by atoms with E-state index >= 15 is 0 Å². The first-order valence-electron chi connectivity index (χ1n) is 12.9. The van der Waals surface area contributed by atoms with Crippen molar-refractivity contribution in [1.29, 1.82) is 0 Å². The maximum atomic E-state index is 13.4. The number of rotatable bonds is 0. The van der Waals surface area contributed by atoms with Crippen molar-refractivity contribution < 1.29 is 19.2 Å². The first-order chi connectivity index (χ1) is 15.1. The van der Waals surface area contributed by atoms with E-state index in [1.165, 1.54) is 12.8 Å². The lowest BCUT2D eigenvalue weighted by Crippen LogP contribution is -2.44. The van der Waals surface area contributed by atoms with Crippen LogP contribution < -0.4 is 0 Å². The Morgan fingerprint density at radius 1 is 0.677 bits per heavy atom. The lowest BCUT2D eigenvalue weighted by molar-refractivity contribution is -0.145. The van der Waals surface area contributed by atoms with Gasteiger partial charge < -0.3 is 0 Å². The molecule has 4 heteroatoms. The molecule has 172 valence electrons. The molecule has 31 heavy (non-hydrogen) atoms. The number of Topliss-reactive ketones (excluding diaryl/α,β-unsaturated/α-hetero) is 4. The van der Waals surface area contributed by atoms with Gasteiger partial charge in [-0.2, -0.15) is 0 Å². The Morgan fingerprint density at radius 3 is 2.19 bits per heavy atom. The summed E-state index contributed by atoms with van der Waals surface area (Å²) in [6, 6.07) is 0.